The lowest BCUT2D eigenvalue weighted by atomic mass is 10.2. The van der Waals surface area contributed by atoms with Crippen molar-refractivity contribution in [2.45, 2.75) is 6.92 Å². The van der Waals surface area contributed by atoms with Crippen LogP contribution in [0.5, 0.6) is 17.2 Å². The van der Waals surface area contributed by atoms with Gasteiger partial charge in [0.25, 0.3) is 0 Å². The molecule has 1 N–H and O–H groups in total. The Bertz CT molecular complexity index is 1110. The monoisotopic (exact) mass is 476 g/mol. The lowest BCUT2D eigenvalue weighted by molar-refractivity contribution is -0.132. The van der Waals surface area contributed by atoms with Crippen LogP contribution in [0.25, 0.3) is 11.4 Å². The number of nitrogens with one attached hydrogen (secondary N) is 1. The number of nitrogens with zero attached hydrogens (tertiary/aromatic N) is 3. The molecule has 0 bridgehead atoms. The zero-order valence-electron chi connectivity index (χ0n) is 15.8. The molecule has 2 aromatic carbocycles. The zero-order chi connectivity index (χ0) is 21.0. The van der Waals surface area contributed by atoms with E-state index in [4.69, 9.17) is 26.4 Å². The van der Waals surface area contributed by atoms with Crippen molar-refractivity contribution in [1.82, 2.24) is 14.9 Å². The molecule has 8 nitrogen and oxygen atoms in total. The van der Waals surface area contributed by atoms with Gasteiger partial charge in [-0.2, -0.15) is 14.9 Å². The third-order valence-electron chi connectivity index (χ3n) is 3.82. The Morgan fingerprint density at radius 2 is 1.90 bits per heavy atom. The molecule has 0 radical (unpaired) electrons. The smallest absolute Gasteiger partial charge is 0.308 e. The molecule has 0 aliphatic carbocycles. The van der Waals surface area contributed by atoms with Crippen molar-refractivity contribution in [2.24, 2.45) is 5.10 Å². The molecule has 3 rings (SSSR count). The van der Waals surface area contributed by atoms with Crippen molar-refractivity contribution >= 4 is 40.3 Å². The lowest BCUT2D eigenvalue weighted by Gasteiger charge is -2.13. The number of carbonyl (C=O) groups excluding carboxylic acids is 1. The number of rotatable bonds is 6. The molecule has 0 atom stereocenters. The summed E-state index contributed by atoms with van der Waals surface area (Å²) in [6.07, 6.45) is 1.58. The van der Waals surface area contributed by atoms with E-state index in [9.17, 15) is 4.79 Å². The van der Waals surface area contributed by atoms with Gasteiger partial charge in [-0.05, 0) is 36.5 Å². The number of ether oxygens (including phenoxy) is 3. The van der Waals surface area contributed by atoms with Gasteiger partial charge in [0, 0.05) is 22.5 Å². The Labute approximate surface area is 180 Å². The van der Waals surface area contributed by atoms with Crippen LogP contribution >= 0.6 is 28.1 Å². The highest BCUT2D eigenvalue weighted by molar-refractivity contribution is 9.10. The predicted octanol–water partition coefficient (Wildman–Crippen LogP) is 4.19. The first kappa shape index (κ1) is 20.7. The van der Waals surface area contributed by atoms with E-state index in [0.29, 0.717) is 27.7 Å². The van der Waals surface area contributed by atoms with E-state index in [-0.39, 0.29) is 5.75 Å². The molecule has 0 saturated carbocycles. The van der Waals surface area contributed by atoms with Gasteiger partial charge in [-0.3, -0.25) is 4.79 Å². The minimum Gasteiger partial charge on any atom is -0.493 e. The largest absolute Gasteiger partial charge is 0.493 e. The molecule has 0 aliphatic rings. The van der Waals surface area contributed by atoms with Gasteiger partial charge >= 0.3 is 5.97 Å². The van der Waals surface area contributed by atoms with E-state index in [1.165, 1.54) is 25.8 Å². The first-order chi connectivity index (χ1) is 13.9. The SMILES string of the molecule is COc1cc(C=Nn2c(-c3ccccc3Br)n[nH]c2=S)cc(OC)c1OC(C)=O. The normalized spacial score (nSPS) is 10.9. The summed E-state index contributed by atoms with van der Waals surface area (Å²) in [5, 5.41) is 11.5. The molecule has 1 heterocycles. The summed E-state index contributed by atoms with van der Waals surface area (Å²) in [4.78, 5) is 11.4. The highest BCUT2D eigenvalue weighted by atomic mass is 79.9. The summed E-state index contributed by atoms with van der Waals surface area (Å²) in [5.74, 6) is 0.944. The highest BCUT2D eigenvalue weighted by Crippen LogP contribution is 2.38. The second-order valence-electron chi connectivity index (χ2n) is 5.74. The van der Waals surface area contributed by atoms with Gasteiger partial charge in [0.15, 0.2) is 17.3 Å². The Hall–Kier alpha value is -2.98. The van der Waals surface area contributed by atoms with Crippen molar-refractivity contribution < 1.29 is 19.0 Å². The van der Waals surface area contributed by atoms with Crippen molar-refractivity contribution in [3.05, 3.63) is 51.2 Å². The highest BCUT2D eigenvalue weighted by Gasteiger charge is 2.16. The van der Waals surface area contributed by atoms with Gasteiger partial charge < -0.3 is 14.2 Å². The number of halogens is 1. The van der Waals surface area contributed by atoms with Crippen LogP contribution < -0.4 is 14.2 Å². The minimum atomic E-state index is -0.481. The van der Waals surface area contributed by atoms with Crippen LogP contribution in [0, 0.1) is 4.77 Å². The van der Waals surface area contributed by atoms with Crippen LogP contribution in [0.2, 0.25) is 0 Å². The summed E-state index contributed by atoms with van der Waals surface area (Å²) < 4.78 is 18.6. The first-order valence-electron chi connectivity index (χ1n) is 8.35. The molecular weight excluding hydrogens is 460 g/mol. The summed E-state index contributed by atoms with van der Waals surface area (Å²) >= 11 is 8.82. The summed E-state index contributed by atoms with van der Waals surface area (Å²) in [6, 6.07) is 11.0. The van der Waals surface area contributed by atoms with Gasteiger partial charge in [-0.1, -0.05) is 28.1 Å². The number of H-pyrrole nitrogens is 1. The van der Waals surface area contributed by atoms with Gasteiger partial charge in [-0.15, -0.1) is 0 Å². The topological polar surface area (TPSA) is 90.7 Å². The van der Waals surface area contributed by atoms with E-state index in [1.807, 2.05) is 24.3 Å². The molecule has 0 amide bonds. The van der Waals surface area contributed by atoms with E-state index < -0.39 is 5.97 Å². The Morgan fingerprint density at radius 1 is 1.24 bits per heavy atom. The fourth-order valence-corrected chi connectivity index (χ4v) is 3.20. The number of hydrogen-bond donors (Lipinski definition) is 1. The van der Waals surface area contributed by atoms with Gasteiger partial charge in [0.05, 0.1) is 20.4 Å². The average Bonchev–Trinajstić information content (AvgIpc) is 3.07. The van der Waals surface area contributed by atoms with Crippen LogP contribution in [0.4, 0.5) is 0 Å². The molecule has 0 aliphatic heterocycles. The molecule has 150 valence electrons. The number of aromatic amines is 1. The van der Waals surface area contributed by atoms with Crippen molar-refractivity contribution in [3.8, 4) is 28.6 Å². The zero-order valence-corrected chi connectivity index (χ0v) is 18.2. The number of hydrogen-bond acceptors (Lipinski definition) is 7. The number of benzene rings is 2. The fourth-order valence-electron chi connectivity index (χ4n) is 2.56. The second kappa shape index (κ2) is 9.01. The van der Waals surface area contributed by atoms with Gasteiger partial charge in [0.2, 0.25) is 10.5 Å². The van der Waals surface area contributed by atoms with Crippen LogP contribution in [0.3, 0.4) is 0 Å². The molecule has 1 aromatic heterocycles. The lowest BCUT2D eigenvalue weighted by Crippen LogP contribution is -2.05. The Balaban J connectivity index is 2.03. The number of aromatic nitrogens is 3. The van der Waals surface area contributed by atoms with E-state index in [2.05, 4.69) is 31.2 Å². The quantitative estimate of drug-likeness (QED) is 0.248. The molecule has 0 saturated heterocycles. The van der Waals surface area contributed by atoms with Crippen LogP contribution in [0.1, 0.15) is 12.5 Å². The maximum Gasteiger partial charge on any atom is 0.308 e. The number of methoxy groups -OCH3 is 2. The molecule has 29 heavy (non-hydrogen) atoms. The summed E-state index contributed by atoms with van der Waals surface area (Å²) in [7, 11) is 2.94. The minimum absolute atomic E-state index is 0.202. The number of carbonyl (C=O) groups is 1. The molecule has 0 spiro atoms. The maximum absolute atomic E-state index is 11.4. The van der Waals surface area contributed by atoms with E-state index in [0.717, 1.165) is 10.0 Å². The van der Waals surface area contributed by atoms with Crippen molar-refractivity contribution in [2.75, 3.05) is 14.2 Å². The van der Waals surface area contributed by atoms with Gasteiger partial charge in [-0.25, -0.2) is 5.10 Å². The van der Waals surface area contributed by atoms with Gasteiger partial charge in [0.1, 0.15) is 0 Å². The number of esters is 1. The Morgan fingerprint density at radius 3 is 2.48 bits per heavy atom. The molecular formula is C19H17BrN4O4S. The fraction of sp³-hybridized carbons (Fsp3) is 0.158. The van der Waals surface area contributed by atoms with Crippen LogP contribution in [0.15, 0.2) is 46.0 Å². The molecule has 3 aromatic rings. The van der Waals surface area contributed by atoms with Crippen LogP contribution in [-0.4, -0.2) is 41.3 Å². The standard InChI is InChI=1S/C19H17BrN4O4S/c1-11(25)28-17-15(26-2)8-12(9-16(17)27-3)10-21-24-18(22-23-19(24)29)13-6-4-5-7-14(13)20/h4-10H,1-3H3,(H,23,29). The molecule has 0 unspecified atom stereocenters. The summed E-state index contributed by atoms with van der Waals surface area (Å²) in [6.45, 7) is 1.30. The third kappa shape index (κ3) is 4.54. The first-order valence-corrected chi connectivity index (χ1v) is 9.55. The van der Waals surface area contributed by atoms with E-state index >= 15 is 0 Å². The predicted molar refractivity (Wildman–Crippen MR) is 114 cm³/mol. The van der Waals surface area contributed by atoms with Crippen molar-refractivity contribution in [1.29, 1.82) is 0 Å². The average molecular weight is 477 g/mol. The second-order valence-corrected chi connectivity index (χ2v) is 6.98. The van der Waals surface area contributed by atoms with Crippen molar-refractivity contribution in [3.63, 3.8) is 0 Å². The Kier molecular flexibility index (Phi) is 6.45. The third-order valence-corrected chi connectivity index (χ3v) is 4.77. The maximum atomic E-state index is 11.4. The molecule has 0 fully saturated rings. The van der Waals surface area contributed by atoms with E-state index in [1.54, 1.807) is 18.3 Å². The van der Waals surface area contributed by atoms with Crippen LogP contribution in [-0.2, 0) is 4.79 Å². The molecule has 10 heteroatoms. The summed E-state index contributed by atoms with van der Waals surface area (Å²) in [5.41, 5.74) is 1.48.